The van der Waals surface area contributed by atoms with Crippen molar-refractivity contribution in [3.63, 3.8) is 0 Å². The van der Waals surface area contributed by atoms with Crippen LogP contribution in [0, 0.1) is 13.8 Å². The Morgan fingerprint density at radius 1 is 1.20 bits per heavy atom. The van der Waals surface area contributed by atoms with Gasteiger partial charge in [0.05, 0.1) is 23.7 Å². The summed E-state index contributed by atoms with van der Waals surface area (Å²) in [6.07, 6.45) is 6.06. The number of aliphatic hydroxyl groups is 1. The fourth-order valence-electron chi connectivity index (χ4n) is 3.14. The molecule has 6 nitrogen and oxygen atoms in total. The SMILES string of the molecule is Cc1nc(-c2cc(-c3cncc(N4CC[C@@H](O)C4)c3)ccn2)[nH]c1C. The molecule has 1 fully saturated rings. The predicted molar refractivity (Wildman–Crippen MR) is 97.4 cm³/mol. The average molecular weight is 335 g/mol. The summed E-state index contributed by atoms with van der Waals surface area (Å²) >= 11 is 0. The molecule has 1 aliphatic rings. The lowest BCUT2D eigenvalue weighted by Gasteiger charge is -2.18. The van der Waals surface area contributed by atoms with Crippen molar-refractivity contribution in [3.05, 3.63) is 48.2 Å². The molecule has 0 radical (unpaired) electrons. The number of rotatable bonds is 3. The average Bonchev–Trinajstić information content (AvgIpc) is 3.21. The van der Waals surface area contributed by atoms with Crippen LogP contribution in [-0.4, -0.2) is 44.2 Å². The van der Waals surface area contributed by atoms with Crippen LogP contribution in [-0.2, 0) is 0 Å². The second-order valence-corrected chi connectivity index (χ2v) is 6.55. The molecule has 6 heteroatoms. The first-order valence-corrected chi connectivity index (χ1v) is 8.48. The van der Waals surface area contributed by atoms with Crippen molar-refractivity contribution >= 4 is 5.69 Å². The van der Waals surface area contributed by atoms with E-state index in [0.29, 0.717) is 6.54 Å². The molecule has 0 saturated carbocycles. The van der Waals surface area contributed by atoms with E-state index in [9.17, 15) is 5.11 Å². The Hall–Kier alpha value is -2.73. The molecular formula is C19H21N5O. The van der Waals surface area contributed by atoms with Crippen molar-refractivity contribution in [3.8, 4) is 22.6 Å². The molecule has 0 amide bonds. The second kappa shape index (κ2) is 6.29. The van der Waals surface area contributed by atoms with Crippen molar-refractivity contribution in [2.75, 3.05) is 18.0 Å². The third kappa shape index (κ3) is 3.13. The van der Waals surface area contributed by atoms with E-state index in [4.69, 9.17) is 0 Å². The van der Waals surface area contributed by atoms with Crippen LogP contribution in [0.2, 0.25) is 0 Å². The van der Waals surface area contributed by atoms with Gasteiger partial charge in [0.25, 0.3) is 0 Å². The Balaban J connectivity index is 1.67. The Labute approximate surface area is 146 Å². The van der Waals surface area contributed by atoms with Crippen molar-refractivity contribution < 1.29 is 5.11 Å². The number of imidazole rings is 1. The highest BCUT2D eigenvalue weighted by Gasteiger charge is 2.21. The van der Waals surface area contributed by atoms with Gasteiger partial charge in [-0.05, 0) is 44.0 Å². The van der Waals surface area contributed by atoms with E-state index < -0.39 is 0 Å². The summed E-state index contributed by atoms with van der Waals surface area (Å²) in [7, 11) is 0. The minimum atomic E-state index is -0.249. The highest BCUT2D eigenvalue weighted by molar-refractivity contribution is 5.70. The zero-order valence-corrected chi connectivity index (χ0v) is 14.4. The maximum atomic E-state index is 9.75. The third-order valence-electron chi connectivity index (χ3n) is 4.72. The fourth-order valence-corrected chi connectivity index (χ4v) is 3.14. The number of anilines is 1. The standard InChI is InChI=1S/C19H21N5O/c1-12-13(2)23-19(22-12)18-8-14(3-5-21-18)15-7-16(10-20-9-15)24-6-4-17(25)11-24/h3,5,7-10,17,25H,4,6,11H2,1-2H3,(H,22,23)/t17-/m1/s1. The van der Waals surface area contributed by atoms with Crippen molar-refractivity contribution in [2.45, 2.75) is 26.4 Å². The summed E-state index contributed by atoms with van der Waals surface area (Å²) in [5.41, 5.74) is 5.97. The number of nitrogens with one attached hydrogen (secondary N) is 1. The predicted octanol–water partition coefficient (Wildman–Crippen LogP) is 2.72. The highest BCUT2D eigenvalue weighted by atomic mass is 16.3. The number of hydrogen-bond donors (Lipinski definition) is 2. The fraction of sp³-hybridized carbons (Fsp3) is 0.316. The van der Waals surface area contributed by atoms with E-state index in [1.54, 1.807) is 6.20 Å². The van der Waals surface area contributed by atoms with Crippen LogP contribution in [0.3, 0.4) is 0 Å². The molecule has 0 unspecified atom stereocenters. The topological polar surface area (TPSA) is 77.9 Å². The molecule has 4 heterocycles. The summed E-state index contributed by atoms with van der Waals surface area (Å²) < 4.78 is 0. The van der Waals surface area contributed by atoms with Gasteiger partial charge >= 0.3 is 0 Å². The van der Waals surface area contributed by atoms with Gasteiger partial charge in [0.15, 0.2) is 5.82 Å². The van der Waals surface area contributed by atoms with E-state index in [-0.39, 0.29) is 6.10 Å². The lowest BCUT2D eigenvalue weighted by molar-refractivity contribution is 0.198. The Kier molecular flexibility index (Phi) is 3.97. The minimum Gasteiger partial charge on any atom is -0.391 e. The van der Waals surface area contributed by atoms with Gasteiger partial charge in [-0.3, -0.25) is 9.97 Å². The number of aromatic amines is 1. The third-order valence-corrected chi connectivity index (χ3v) is 4.72. The first-order valence-electron chi connectivity index (χ1n) is 8.48. The monoisotopic (exact) mass is 335 g/mol. The van der Waals surface area contributed by atoms with E-state index in [2.05, 4.69) is 30.9 Å². The number of pyridine rings is 2. The van der Waals surface area contributed by atoms with Crippen LogP contribution < -0.4 is 4.90 Å². The Morgan fingerprint density at radius 2 is 2.08 bits per heavy atom. The summed E-state index contributed by atoms with van der Waals surface area (Å²) in [5.74, 6) is 0.781. The summed E-state index contributed by atoms with van der Waals surface area (Å²) in [6, 6.07) is 6.12. The lowest BCUT2D eigenvalue weighted by atomic mass is 10.1. The van der Waals surface area contributed by atoms with Crippen LogP contribution in [0.5, 0.6) is 0 Å². The van der Waals surface area contributed by atoms with Gasteiger partial charge in [-0.15, -0.1) is 0 Å². The molecule has 128 valence electrons. The van der Waals surface area contributed by atoms with Crippen LogP contribution in [0.4, 0.5) is 5.69 Å². The van der Waals surface area contributed by atoms with Gasteiger partial charge in [-0.25, -0.2) is 4.98 Å². The van der Waals surface area contributed by atoms with Gasteiger partial charge in [-0.2, -0.15) is 0 Å². The molecule has 25 heavy (non-hydrogen) atoms. The highest BCUT2D eigenvalue weighted by Crippen LogP contribution is 2.27. The first kappa shape index (κ1) is 15.8. The van der Waals surface area contributed by atoms with Crippen molar-refractivity contribution in [1.29, 1.82) is 0 Å². The molecule has 0 spiro atoms. The number of β-amino-alcohol motifs (C(OH)–C–C–N with tert-alkyl or cyclic N) is 1. The number of aryl methyl sites for hydroxylation is 2. The van der Waals surface area contributed by atoms with E-state index in [1.165, 1.54) is 0 Å². The molecule has 3 aromatic heterocycles. The summed E-state index contributed by atoms with van der Waals surface area (Å²) in [4.78, 5) is 18.8. The molecule has 1 atom stereocenters. The summed E-state index contributed by atoms with van der Waals surface area (Å²) in [6.45, 7) is 5.51. The van der Waals surface area contributed by atoms with Gasteiger partial charge in [-0.1, -0.05) is 0 Å². The molecule has 0 aromatic carbocycles. The molecule has 1 saturated heterocycles. The molecule has 0 bridgehead atoms. The maximum Gasteiger partial charge on any atom is 0.156 e. The molecular weight excluding hydrogens is 314 g/mol. The smallest absolute Gasteiger partial charge is 0.156 e. The van der Waals surface area contributed by atoms with Crippen molar-refractivity contribution in [1.82, 2.24) is 19.9 Å². The van der Waals surface area contributed by atoms with Crippen LogP contribution in [0.15, 0.2) is 36.8 Å². The molecule has 0 aliphatic carbocycles. The normalized spacial score (nSPS) is 17.2. The van der Waals surface area contributed by atoms with E-state index >= 15 is 0 Å². The maximum absolute atomic E-state index is 9.75. The van der Waals surface area contributed by atoms with Crippen LogP contribution in [0.25, 0.3) is 22.6 Å². The zero-order valence-electron chi connectivity index (χ0n) is 14.4. The number of aliphatic hydroxyl groups excluding tert-OH is 1. The van der Waals surface area contributed by atoms with E-state index in [1.807, 2.05) is 38.4 Å². The first-order chi connectivity index (χ1) is 12.1. The molecule has 2 N–H and O–H groups in total. The number of aromatic nitrogens is 4. The number of hydrogen-bond acceptors (Lipinski definition) is 5. The molecule has 3 aromatic rings. The van der Waals surface area contributed by atoms with Crippen molar-refractivity contribution in [2.24, 2.45) is 0 Å². The van der Waals surface area contributed by atoms with Crippen LogP contribution in [0.1, 0.15) is 17.8 Å². The largest absolute Gasteiger partial charge is 0.391 e. The second-order valence-electron chi connectivity index (χ2n) is 6.55. The van der Waals surface area contributed by atoms with Gasteiger partial charge < -0.3 is 15.0 Å². The van der Waals surface area contributed by atoms with Crippen LogP contribution >= 0.6 is 0 Å². The number of H-pyrrole nitrogens is 1. The lowest BCUT2D eigenvalue weighted by Crippen LogP contribution is -2.21. The summed E-state index contributed by atoms with van der Waals surface area (Å²) in [5, 5.41) is 9.75. The molecule has 4 rings (SSSR count). The Morgan fingerprint density at radius 3 is 2.80 bits per heavy atom. The van der Waals surface area contributed by atoms with Gasteiger partial charge in [0.1, 0.15) is 5.69 Å². The molecule has 1 aliphatic heterocycles. The number of nitrogens with zero attached hydrogens (tertiary/aromatic N) is 4. The van der Waals surface area contributed by atoms with Gasteiger partial charge in [0.2, 0.25) is 0 Å². The Bertz CT molecular complexity index is 885. The quantitative estimate of drug-likeness (QED) is 0.769. The zero-order chi connectivity index (χ0) is 17.4. The van der Waals surface area contributed by atoms with Gasteiger partial charge in [0, 0.05) is 36.7 Å². The minimum absolute atomic E-state index is 0.249. The van der Waals surface area contributed by atoms with E-state index in [0.717, 1.165) is 52.7 Å².